The van der Waals surface area contributed by atoms with Crippen LogP contribution in [0, 0.1) is 0 Å². The number of benzene rings is 2. The highest BCUT2D eigenvalue weighted by Gasteiger charge is 2.17. The molecule has 0 saturated heterocycles. The number of nitrogens with zero attached hydrogens (tertiary/aromatic N) is 1. The number of hydrogen-bond acceptors (Lipinski definition) is 6. The van der Waals surface area contributed by atoms with E-state index in [2.05, 4.69) is 20.9 Å². The van der Waals surface area contributed by atoms with Crippen molar-refractivity contribution in [3.8, 4) is 5.75 Å². The number of anilines is 2. The van der Waals surface area contributed by atoms with Gasteiger partial charge in [-0.3, -0.25) is 4.79 Å². The normalized spacial score (nSPS) is 14.7. The van der Waals surface area contributed by atoms with Crippen LogP contribution in [-0.4, -0.2) is 41.7 Å². The average Bonchev–Trinajstić information content (AvgIpc) is 2.81. The molecule has 1 aliphatic rings. The number of pyridine rings is 1. The Morgan fingerprint density at radius 2 is 2.00 bits per heavy atom. The number of ether oxygens (including phenoxy) is 1. The fourth-order valence-corrected chi connectivity index (χ4v) is 3.75. The van der Waals surface area contributed by atoms with E-state index in [0.717, 1.165) is 60.0 Å². The fraction of sp³-hybridized carbons (Fsp3) is 0.280. The summed E-state index contributed by atoms with van der Waals surface area (Å²) in [5, 5.41) is 19.5. The van der Waals surface area contributed by atoms with Gasteiger partial charge in [0.05, 0.1) is 18.2 Å². The summed E-state index contributed by atoms with van der Waals surface area (Å²) in [6.07, 6.45) is 2.53. The zero-order chi connectivity index (χ0) is 22.2. The molecule has 0 bridgehead atoms. The molecule has 2 heterocycles. The van der Waals surface area contributed by atoms with Crippen LogP contribution in [0.15, 0.2) is 66.9 Å². The monoisotopic (exact) mass is 432 g/mol. The number of aliphatic carboxylic acids is 1. The summed E-state index contributed by atoms with van der Waals surface area (Å²) in [7, 11) is 0. The van der Waals surface area contributed by atoms with Crippen molar-refractivity contribution in [2.45, 2.75) is 25.5 Å². The van der Waals surface area contributed by atoms with Crippen LogP contribution in [0.4, 0.5) is 11.5 Å². The third kappa shape index (κ3) is 5.98. The first-order chi connectivity index (χ1) is 15.7. The van der Waals surface area contributed by atoms with Crippen molar-refractivity contribution in [2.24, 2.45) is 0 Å². The van der Waals surface area contributed by atoms with Crippen LogP contribution in [0.3, 0.4) is 0 Å². The highest BCUT2D eigenvalue weighted by Crippen LogP contribution is 2.23. The summed E-state index contributed by atoms with van der Waals surface area (Å²) < 4.78 is 6.06. The van der Waals surface area contributed by atoms with E-state index in [1.54, 1.807) is 6.20 Å². The number of carboxylic acids is 1. The van der Waals surface area contributed by atoms with Gasteiger partial charge in [0.25, 0.3) is 0 Å². The fourth-order valence-electron chi connectivity index (χ4n) is 3.75. The van der Waals surface area contributed by atoms with Gasteiger partial charge in [-0.2, -0.15) is 0 Å². The van der Waals surface area contributed by atoms with Crippen LogP contribution in [-0.2, 0) is 24.2 Å². The minimum Gasteiger partial charge on any atom is -0.489 e. The number of hydrogen-bond donors (Lipinski definition) is 4. The number of fused-ring (bicyclic) bond motifs is 1. The Kier molecular flexibility index (Phi) is 7.19. The summed E-state index contributed by atoms with van der Waals surface area (Å²) >= 11 is 0. The van der Waals surface area contributed by atoms with Crippen molar-refractivity contribution in [3.05, 3.63) is 83.6 Å². The van der Waals surface area contributed by atoms with Gasteiger partial charge < -0.3 is 25.8 Å². The van der Waals surface area contributed by atoms with Gasteiger partial charge in [0.15, 0.2) is 0 Å². The third-order valence-corrected chi connectivity index (χ3v) is 5.37. The first-order valence-electron chi connectivity index (χ1n) is 10.8. The van der Waals surface area contributed by atoms with Crippen LogP contribution in [0.25, 0.3) is 0 Å². The molecule has 0 radical (unpaired) electrons. The van der Waals surface area contributed by atoms with Gasteiger partial charge in [-0.15, -0.1) is 0 Å². The maximum atomic E-state index is 11.1. The molecule has 3 aromatic rings. The van der Waals surface area contributed by atoms with Gasteiger partial charge in [-0.1, -0.05) is 42.5 Å². The largest absolute Gasteiger partial charge is 0.489 e. The molecule has 0 saturated carbocycles. The maximum absolute atomic E-state index is 11.1. The third-order valence-electron chi connectivity index (χ3n) is 5.37. The van der Waals surface area contributed by atoms with Crippen molar-refractivity contribution >= 4 is 17.5 Å². The molecule has 0 unspecified atom stereocenters. The van der Waals surface area contributed by atoms with Crippen molar-refractivity contribution in [1.29, 1.82) is 0 Å². The van der Waals surface area contributed by atoms with Crippen molar-refractivity contribution in [3.63, 3.8) is 0 Å². The second kappa shape index (κ2) is 10.6. The second-order valence-electron chi connectivity index (χ2n) is 7.86. The topological polar surface area (TPSA) is 95.5 Å². The summed E-state index contributed by atoms with van der Waals surface area (Å²) in [5.41, 5.74) is 3.91. The Morgan fingerprint density at radius 1 is 1.12 bits per heavy atom. The van der Waals surface area contributed by atoms with E-state index in [4.69, 9.17) is 9.84 Å². The summed E-state index contributed by atoms with van der Waals surface area (Å²) in [6.45, 7) is 2.85. The maximum Gasteiger partial charge on any atom is 0.307 e. The molecule has 2 aromatic carbocycles. The number of aromatic nitrogens is 1. The molecule has 7 nitrogen and oxygen atoms in total. The number of rotatable bonds is 10. The molecular weight excluding hydrogens is 404 g/mol. The highest BCUT2D eigenvalue weighted by atomic mass is 16.5. The van der Waals surface area contributed by atoms with Crippen LogP contribution in [0.5, 0.6) is 5.75 Å². The van der Waals surface area contributed by atoms with Crippen LogP contribution >= 0.6 is 0 Å². The summed E-state index contributed by atoms with van der Waals surface area (Å²) in [5.74, 6) is 0.834. The molecule has 0 aliphatic carbocycles. The van der Waals surface area contributed by atoms with Gasteiger partial charge in [-0.05, 0) is 47.9 Å². The van der Waals surface area contributed by atoms with Gasteiger partial charge in [-0.25, -0.2) is 4.98 Å². The first-order valence-corrected chi connectivity index (χ1v) is 10.8. The lowest BCUT2D eigenvalue weighted by molar-refractivity contribution is -0.136. The van der Waals surface area contributed by atoms with Crippen molar-refractivity contribution < 1.29 is 14.6 Å². The molecular formula is C25H28N4O3. The SMILES string of the molecule is O=C(O)Cc1ccc(OCc2ccccc2)c(CCNC[C@H]2CNc3cccnc3N2)c1. The van der Waals surface area contributed by atoms with Crippen molar-refractivity contribution in [2.75, 3.05) is 30.3 Å². The van der Waals surface area contributed by atoms with E-state index in [1.807, 2.05) is 60.7 Å². The van der Waals surface area contributed by atoms with Gasteiger partial charge >= 0.3 is 5.97 Å². The van der Waals surface area contributed by atoms with Crippen LogP contribution in [0.1, 0.15) is 16.7 Å². The van der Waals surface area contributed by atoms with E-state index in [9.17, 15) is 4.79 Å². The molecule has 7 heteroatoms. The molecule has 166 valence electrons. The Labute approximate surface area is 187 Å². The molecule has 1 aromatic heterocycles. The predicted molar refractivity (Wildman–Crippen MR) is 125 cm³/mol. The Balaban J connectivity index is 1.33. The second-order valence-corrected chi connectivity index (χ2v) is 7.86. The minimum absolute atomic E-state index is 0.00344. The zero-order valence-corrected chi connectivity index (χ0v) is 17.9. The van der Waals surface area contributed by atoms with E-state index < -0.39 is 5.97 Å². The molecule has 4 rings (SSSR count). The Hall–Kier alpha value is -3.58. The van der Waals surface area contributed by atoms with Crippen LogP contribution in [0.2, 0.25) is 0 Å². The predicted octanol–water partition coefficient (Wildman–Crippen LogP) is 3.33. The van der Waals surface area contributed by atoms with E-state index >= 15 is 0 Å². The zero-order valence-electron chi connectivity index (χ0n) is 17.9. The lowest BCUT2D eigenvalue weighted by Gasteiger charge is -2.27. The molecule has 1 aliphatic heterocycles. The first kappa shape index (κ1) is 21.6. The molecule has 0 spiro atoms. The quantitative estimate of drug-likeness (QED) is 0.365. The van der Waals surface area contributed by atoms with E-state index in [0.29, 0.717) is 6.61 Å². The standard InChI is InChI=1S/C25H28N4O3/c30-24(31)14-19-8-9-23(32-17-18-5-2-1-3-6-18)20(13-19)10-12-26-15-21-16-28-22-7-4-11-27-25(22)29-21/h1-9,11,13,21,26,28H,10,12,14-17H2,(H,27,29)(H,30,31)/t21-/m0/s1. The summed E-state index contributed by atoms with van der Waals surface area (Å²) in [6, 6.07) is 19.8. The number of nitrogens with one attached hydrogen (secondary N) is 3. The minimum atomic E-state index is -0.836. The smallest absolute Gasteiger partial charge is 0.307 e. The van der Waals surface area contributed by atoms with E-state index in [-0.39, 0.29) is 12.5 Å². The van der Waals surface area contributed by atoms with Crippen molar-refractivity contribution in [1.82, 2.24) is 10.3 Å². The Morgan fingerprint density at radius 3 is 2.84 bits per heavy atom. The molecule has 32 heavy (non-hydrogen) atoms. The summed E-state index contributed by atoms with van der Waals surface area (Å²) in [4.78, 5) is 15.5. The van der Waals surface area contributed by atoms with Gasteiger partial charge in [0, 0.05) is 19.3 Å². The molecule has 0 fully saturated rings. The van der Waals surface area contributed by atoms with E-state index in [1.165, 1.54) is 0 Å². The molecule has 0 amide bonds. The Bertz CT molecular complexity index is 1040. The molecule has 1 atom stereocenters. The van der Waals surface area contributed by atoms with Crippen LogP contribution < -0.4 is 20.7 Å². The average molecular weight is 433 g/mol. The lowest BCUT2D eigenvalue weighted by Crippen LogP contribution is -2.41. The number of carboxylic acid groups (broad SMARTS) is 1. The van der Waals surface area contributed by atoms with Gasteiger partial charge in [0.2, 0.25) is 0 Å². The highest BCUT2D eigenvalue weighted by molar-refractivity contribution is 5.70. The number of carbonyl (C=O) groups is 1. The molecule has 4 N–H and O–H groups in total. The van der Waals surface area contributed by atoms with Gasteiger partial charge in [0.1, 0.15) is 18.2 Å². The lowest BCUT2D eigenvalue weighted by atomic mass is 10.0.